The Morgan fingerprint density at radius 3 is 2.53 bits per heavy atom. The topological polar surface area (TPSA) is 35.2 Å². The second kappa shape index (κ2) is 6.48. The summed E-state index contributed by atoms with van der Waals surface area (Å²) in [5.41, 5.74) is 7.76. The first kappa shape index (κ1) is 13.8. The van der Waals surface area contributed by atoms with Crippen LogP contribution in [0.2, 0.25) is 5.02 Å². The van der Waals surface area contributed by atoms with Crippen molar-refractivity contribution in [3.63, 3.8) is 0 Å². The molecule has 0 bridgehead atoms. The molecule has 0 saturated carbocycles. The van der Waals surface area contributed by atoms with Gasteiger partial charge in [-0.25, -0.2) is 0 Å². The number of hydrogen-bond acceptors (Lipinski definition) is 2. The highest BCUT2D eigenvalue weighted by Gasteiger charge is 2.03. The molecule has 0 unspecified atom stereocenters. The minimum absolute atomic E-state index is 0.583. The van der Waals surface area contributed by atoms with Crippen LogP contribution in [-0.4, -0.2) is 0 Å². The number of anilines is 1. The quantitative estimate of drug-likeness (QED) is 0.774. The van der Waals surface area contributed by atoms with Gasteiger partial charge in [-0.15, -0.1) is 0 Å². The average Bonchev–Trinajstić information content (AvgIpc) is 2.42. The Balaban J connectivity index is 2.08. The maximum absolute atomic E-state index is 5.93. The molecule has 0 saturated heterocycles. The molecular formula is C16H18ClNO. The number of ether oxygens (including phenoxy) is 1. The van der Waals surface area contributed by atoms with E-state index < -0.39 is 0 Å². The molecule has 2 aromatic carbocycles. The molecule has 0 amide bonds. The Morgan fingerprint density at radius 1 is 1.11 bits per heavy atom. The summed E-state index contributed by atoms with van der Waals surface area (Å²) in [7, 11) is 0. The van der Waals surface area contributed by atoms with E-state index in [0.717, 1.165) is 12.2 Å². The fourth-order valence-electron chi connectivity index (χ4n) is 1.83. The van der Waals surface area contributed by atoms with Gasteiger partial charge >= 0.3 is 0 Å². The fraction of sp³-hybridized carbons (Fsp3) is 0.250. The normalized spacial score (nSPS) is 10.4. The molecule has 2 aromatic rings. The van der Waals surface area contributed by atoms with Gasteiger partial charge in [-0.05, 0) is 42.7 Å². The van der Waals surface area contributed by atoms with Gasteiger partial charge in [-0.3, -0.25) is 0 Å². The van der Waals surface area contributed by atoms with Gasteiger partial charge < -0.3 is 10.5 Å². The molecule has 19 heavy (non-hydrogen) atoms. The molecule has 0 aliphatic carbocycles. The standard InChI is InChI=1S/C16H18ClNO/c1-2-3-4-12-5-8-14(9-6-12)19-16-11-13(17)7-10-15(16)18/h5-11H,2-4,18H2,1H3. The third-order valence-corrected chi connectivity index (χ3v) is 3.18. The molecule has 2 N–H and O–H groups in total. The number of rotatable bonds is 5. The molecule has 0 atom stereocenters. The smallest absolute Gasteiger partial charge is 0.151 e. The van der Waals surface area contributed by atoms with Crippen molar-refractivity contribution in [2.75, 3.05) is 5.73 Å². The van der Waals surface area contributed by atoms with Crippen LogP contribution >= 0.6 is 11.6 Å². The maximum Gasteiger partial charge on any atom is 0.151 e. The lowest BCUT2D eigenvalue weighted by Crippen LogP contribution is -1.92. The van der Waals surface area contributed by atoms with Crippen LogP contribution in [0, 0.1) is 0 Å². The minimum atomic E-state index is 0.583. The molecule has 0 heterocycles. The summed E-state index contributed by atoms with van der Waals surface area (Å²) in [4.78, 5) is 0. The van der Waals surface area contributed by atoms with E-state index in [-0.39, 0.29) is 0 Å². The number of nitrogen functional groups attached to an aromatic ring is 1. The summed E-state index contributed by atoms with van der Waals surface area (Å²) in [5.74, 6) is 1.36. The number of unbranched alkanes of at least 4 members (excludes halogenated alkanes) is 1. The minimum Gasteiger partial charge on any atom is -0.455 e. The van der Waals surface area contributed by atoms with Crippen LogP contribution in [0.1, 0.15) is 25.3 Å². The van der Waals surface area contributed by atoms with E-state index in [1.54, 1.807) is 18.2 Å². The van der Waals surface area contributed by atoms with Crippen molar-refractivity contribution < 1.29 is 4.74 Å². The third-order valence-electron chi connectivity index (χ3n) is 2.95. The van der Waals surface area contributed by atoms with Crippen molar-refractivity contribution in [2.45, 2.75) is 26.2 Å². The van der Waals surface area contributed by atoms with Gasteiger partial charge in [0, 0.05) is 11.1 Å². The predicted molar refractivity (Wildman–Crippen MR) is 81.0 cm³/mol. The van der Waals surface area contributed by atoms with Gasteiger partial charge in [0.25, 0.3) is 0 Å². The van der Waals surface area contributed by atoms with Crippen LogP contribution < -0.4 is 10.5 Å². The summed E-state index contributed by atoms with van der Waals surface area (Å²) in [6, 6.07) is 13.3. The van der Waals surface area contributed by atoms with Crippen molar-refractivity contribution in [3.05, 3.63) is 53.1 Å². The fourth-order valence-corrected chi connectivity index (χ4v) is 1.99. The Labute approximate surface area is 119 Å². The van der Waals surface area contributed by atoms with E-state index in [1.807, 2.05) is 12.1 Å². The molecule has 0 radical (unpaired) electrons. The number of benzene rings is 2. The average molecular weight is 276 g/mol. The number of nitrogens with two attached hydrogens (primary N) is 1. The molecule has 0 aromatic heterocycles. The number of halogens is 1. The van der Waals surface area contributed by atoms with Gasteiger partial charge in [-0.1, -0.05) is 37.1 Å². The van der Waals surface area contributed by atoms with Crippen LogP contribution in [0.5, 0.6) is 11.5 Å². The van der Waals surface area contributed by atoms with Gasteiger partial charge in [0.2, 0.25) is 0 Å². The Morgan fingerprint density at radius 2 is 1.84 bits per heavy atom. The Hall–Kier alpha value is -1.67. The largest absolute Gasteiger partial charge is 0.455 e. The van der Waals surface area contributed by atoms with Gasteiger partial charge in [-0.2, -0.15) is 0 Å². The van der Waals surface area contributed by atoms with E-state index in [2.05, 4.69) is 19.1 Å². The second-order valence-corrected chi connectivity index (χ2v) is 4.97. The highest BCUT2D eigenvalue weighted by Crippen LogP contribution is 2.30. The molecule has 0 spiro atoms. The van der Waals surface area contributed by atoms with Crippen LogP contribution in [0.25, 0.3) is 0 Å². The first-order valence-electron chi connectivity index (χ1n) is 6.51. The van der Waals surface area contributed by atoms with Crippen molar-refractivity contribution in [1.82, 2.24) is 0 Å². The molecule has 2 nitrogen and oxygen atoms in total. The van der Waals surface area contributed by atoms with Crippen LogP contribution in [0.4, 0.5) is 5.69 Å². The van der Waals surface area contributed by atoms with E-state index in [1.165, 1.54) is 18.4 Å². The summed E-state index contributed by atoms with van der Waals surface area (Å²) in [6.45, 7) is 2.19. The van der Waals surface area contributed by atoms with Crippen molar-refractivity contribution in [3.8, 4) is 11.5 Å². The van der Waals surface area contributed by atoms with Crippen LogP contribution in [-0.2, 0) is 6.42 Å². The van der Waals surface area contributed by atoms with Crippen molar-refractivity contribution in [1.29, 1.82) is 0 Å². The van der Waals surface area contributed by atoms with E-state index in [4.69, 9.17) is 22.1 Å². The summed E-state index contributed by atoms with van der Waals surface area (Å²) < 4.78 is 5.74. The lowest BCUT2D eigenvalue weighted by atomic mass is 10.1. The zero-order valence-corrected chi connectivity index (χ0v) is 11.8. The molecular weight excluding hydrogens is 258 g/mol. The van der Waals surface area contributed by atoms with Crippen LogP contribution in [0.3, 0.4) is 0 Å². The van der Waals surface area contributed by atoms with Crippen molar-refractivity contribution >= 4 is 17.3 Å². The summed E-state index contributed by atoms with van der Waals surface area (Å²) in [5, 5.41) is 0.615. The first-order valence-corrected chi connectivity index (χ1v) is 6.88. The lowest BCUT2D eigenvalue weighted by molar-refractivity contribution is 0.485. The van der Waals surface area contributed by atoms with Gasteiger partial charge in [0.05, 0.1) is 5.69 Å². The zero-order valence-electron chi connectivity index (χ0n) is 11.0. The zero-order chi connectivity index (χ0) is 13.7. The Kier molecular flexibility index (Phi) is 4.69. The van der Waals surface area contributed by atoms with Crippen molar-refractivity contribution in [2.24, 2.45) is 0 Å². The highest BCUT2D eigenvalue weighted by molar-refractivity contribution is 6.30. The van der Waals surface area contributed by atoms with Crippen LogP contribution in [0.15, 0.2) is 42.5 Å². The highest BCUT2D eigenvalue weighted by atomic mass is 35.5. The molecule has 3 heteroatoms. The predicted octanol–water partition coefficient (Wildman–Crippen LogP) is 5.06. The van der Waals surface area contributed by atoms with E-state index in [9.17, 15) is 0 Å². The molecule has 2 rings (SSSR count). The van der Waals surface area contributed by atoms with Gasteiger partial charge in [0.1, 0.15) is 5.75 Å². The monoisotopic (exact) mass is 275 g/mol. The SMILES string of the molecule is CCCCc1ccc(Oc2cc(Cl)ccc2N)cc1. The van der Waals surface area contributed by atoms with E-state index >= 15 is 0 Å². The van der Waals surface area contributed by atoms with Gasteiger partial charge in [0.15, 0.2) is 5.75 Å². The third kappa shape index (κ3) is 3.90. The molecule has 0 aliphatic heterocycles. The number of aryl methyl sites for hydroxylation is 1. The second-order valence-electron chi connectivity index (χ2n) is 4.53. The molecule has 100 valence electrons. The molecule has 0 fully saturated rings. The summed E-state index contributed by atoms with van der Waals surface area (Å²) >= 11 is 5.93. The van der Waals surface area contributed by atoms with E-state index in [0.29, 0.717) is 16.5 Å². The summed E-state index contributed by atoms with van der Waals surface area (Å²) in [6.07, 6.45) is 3.52. The Bertz CT molecular complexity index is 537. The molecule has 0 aliphatic rings. The first-order chi connectivity index (χ1) is 9.19. The number of hydrogen-bond donors (Lipinski definition) is 1. The lowest BCUT2D eigenvalue weighted by Gasteiger charge is -2.09. The maximum atomic E-state index is 5.93.